The lowest BCUT2D eigenvalue weighted by Gasteiger charge is -2.20. The Hall–Kier alpha value is -2.74. The number of carbonyl (C=O) groups excluding carboxylic acids is 1. The number of thiazole rings is 1. The Morgan fingerprint density at radius 2 is 2.28 bits per heavy atom. The maximum Gasteiger partial charge on any atom is 0.220 e. The third kappa shape index (κ3) is 3.12. The zero-order valence-corrected chi connectivity index (χ0v) is 14.4. The van der Waals surface area contributed by atoms with Crippen LogP contribution in [0.5, 0.6) is 5.75 Å². The molecule has 1 aliphatic heterocycles. The molecule has 1 aliphatic rings. The Morgan fingerprint density at radius 1 is 1.40 bits per heavy atom. The first-order chi connectivity index (χ1) is 12.1. The average molecular weight is 355 g/mol. The van der Waals surface area contributed by atoms with Crippen molar-refractivity contribution < 1.29 is 9.53 Å². The second-order valence-corrected chi connectivity index (χ2v) is 6.95. The molecule has 3 aromatic rings. The molecular formula is C17H17N5O2S. The molecule has 25 heavy (non-hydrogen) atoms. The van der Waals surface area contributed by atoms with Gasteiger partial charge in [-0.15, -0.1) is 11.3 Å². The first-order valence-electron chi connectivity index (χ1n) is 7.98. The number of nitrogens with one attached hydrogen (secondary N) is 1. The molecule has 7 nitrogen and oxygen atoms in total. The van der Waals surface area contributed by atoms with E-state index in [2.05, 4.69) is 20.3 Å². The highest BCUT2D eigenvalue weighted by Crippen LogP contribution is 2.35. The van der Waals surface area contributed by atoms with Gasteiger partial charge in [0.15, 0.2) is 0 Å². The standard InChI is InChI=1S/C17H17N5O2S/c1-9(11-4-16(23)20-5-11)24-14-3-10(2-12-17(14)25-8-21-12)13-6-19-7-15(18)22-13/h2-3,6-9,11H,4-5H2,1H3,(H2,18,22)(H,20,23). The number of carbonyl (C=O) groups is 1. The van der Waals surface area contributed by atoms with Crippen LogP contribution in [0.15, 0.2) is 30.0 Å². The van der Waals surface area contributed by atoms with Crippen LogP contribution >= 0.6 is 11.3 Å². The molecule has 4 rings (SSSR count). The van der Waals surface area contributed by atoms with Gasteiger partial charge >= 0.3 is 0 Å². The number of nitrogens with two attached hydrogens (primary N) is 1. The van der Waals surface area contributed by atoms with Crippen LogP contribution < -0.4 is 15.8 Å². The van der Waals surface area contributed by atoms with E-state index in [0.717, 1.165) is 21.5 Å². The number of hydrogen-bond acceptors (Lipinski definition) is 7. The number of ether oxygens (including phenoxy) is 1. The molecule has 0 saturated carbocycles. The van der Waals surface area contributed by atoms with Gasteiger partial charge in [-0.2, -0.15) is 0 Å². The fourth-order valence-electron chi connectivity index (χ4n) is 2.95. The molecule has 3 N–H and O–H groups in total. The summed E-state index contributed by atoms with van der Waals surface area (Å²) >= 11 is 1.53. The van der Waals surface area contributed by atoms with Crippen LogP contribution in [-0.2, 0) is 4.79 Å². The molecule has 0 radical (unpaired) electrons. The minimum absolute atomic E-state index is 0.0761. The van der Waals surface area contributed by atoms with E-state index in [0.29, 0.717) is 24.5 Å². The molecule has 0 bridgehead atoms. The molecule has 1 saturated heterocycles. The number of benzene rings is 1. The molecule has 2 unspecified atom stereocenters. The highest BCUT2D eigenvalue weighted by atomic mass is 32.1. The number of aromatic nitrogens is 3. The van der Waals surface area contributed by atoms with Gasteiger partial charge < -0.3 is 15.8 Å². The van der Waals surface area contributed by atoms with Crippen molar-refractivity contribution in [3.8, 4) is 17.0 Å². The first-order valence-corrected chi connectivity index (χ1v) is 8.86. The number of rotatable bonds is 4. The van der Waals surface area contributed by atoms with Crippen LogP contribution in [0.4, 0.5) is 5.82 Å². The predicted octanol–water partition coefficient (Wildman–Crippen LogP) is 2.24. The fraction of sp³-hybridized carbons (Fsp3) is 0.294. The van der Waals surface area contributed by atoms with Gasteiger partial charge in [-0.25, -0.2) is 9.97 Å². The molecule has 0 spiro atoms. The molecule has 1 amide bonds. The maximum atomic E-state index is 11.5. The molecule has 1 fully saturated rings. The van der Waals surface area contributed by atoms with E-state index in [-0.39, 0.29) is 17.9 Å². The normalized spacial score (nSPS) is 18.3. The van der Waals surface area contributed by atoms with Gasteiger partial charge in [0.25, 0.3) is 0 Å². The van der Waals surface area contributed by atoms with Crippen molar-refractivity contribution in [2.45, 2.75) is 19.4 Å². The van der Waals surface area contributed by atoms with Crippen LogP contribution in [0.3, 0.4) is 0 Å². The summed E-state index contributed by atoms with van der Waals surface area (Å²) in [6, 6.07) is 3.89. The van der Waals surface area contributed by atoms with Gasteiger partial charge in [-0.1, -0.05) is 0 Å². The zero-order valence-electron chi connectivity index (χ0n) is 13.6. The summed E-state index contributed by atoms with van der Waals surface area (Å²) in [5.74, 6) is 1.34. The summed E-state index contributed by atoms with van der Waals surface area (Å²) in [5.41, 5.74) is 9.90. The summed E-state index contributed by atoms with van der Waals surface area (Å²) in [6.45, 7) is 2.64. The van der Waals surface area contributed by atoms with E-state index < -0.39 is 0 Å². The van der Waals surface area contributed by atoms with Crippen molar-refractivity contribution in [2.24, 2.45) is 5.92 Å². The van der Waals surface area contributed by atoms with E-state index in [1.54, 1.807) is 11.7 Å². The van der Waals surface area contributed by atoms with Crippen LogP contribution in [0, 0.1) is 5.92 Å². The second-order valence-electron chi connectivity index (χ2n) is 6.10. The minimum atomic E-state index is -0.0913. The SMILES string of the molecule is CC(Oc1cc(-c2cncc(N)n2)cc2ncsc12)C1CNC(=O)C1. The van der Waals surface area contributed by atoms with Crippen LogP contribution in [-0.4, -0.2) is 33.5 Å². The van der Waals surface area contributed by atoms with E-state index in [4.69, 9.17) is 10.5 Å². The monoisotopic (exact) mass is 355 g/mol. The summed E-state index contributed by atoms with van der Waals surface area (Å²) < 4.78 is 7.19. The van der Waals surface area contributed by atoms with Gasteiger partial charge in [0.2, 0.25) is 5.91 Å². The van der Waals surface area contributed by atoms with Crippen molar-refractivity contribution in [3.63, 3.8) is 0 Å². The zero-order chi connectivity index (χ0) is 17.4. The average Bonchev–Trinajstić information content (AvgIpc) is 3.23. The Kier molecular flexibility index (Phi) is 3.96. The van der Waals surface area contributed by atoms with E-state index in [1.165, 1.54) is 17.5 Å². The predicted molar refractivity (Wildman–Crippen MR) is 96.3 cm³/mol. The number of nitrogen functional groups attached to an aromatic ring is 1. The van der Waals surface area contributed by atoms with Gasteiger partial charge in [-0.3, -0.25) is 9.78 Å². The molecule has 2 atom stereocenters. The third-order valence-electron chi connectivity index (χ3n) is 4.33. The van der Waals surface area contributed by atoms with Crippen molar-refractivity contribution in [1.82, 2.24) is 20.3 Å². The number of nitrogens with zero attached hydrogens (tertiary/aromatic N) is 3. The topological polar surface area (TPSA) is 103 Å². The lowest BCUT2D eigenvalue weighted by Crippen LogP contribution is -2.25. The molecule has 128 valence electrons. The highest BCUT2D eigenvalue weighted by molar-refractivity contribution is 7.17. The Bertz CT molecular complexity index is 942. The van der Waals surface area contributed by atoms with Gasteiger partial charge in [0.1, 0.15) is 17.7 Å². The Labute approximate surface area is 148 Å². The molecule has 2 aromatic heterocycles. The van der Waals surface area contributed by atoms with Crippen LogP contribution in [0.2, 0.25) is 0 Å². The molecular weight excluding hydrogens is 338 g/mol. The van der Waals surface area contributed by atoms with Gasteiger partial charge in [-0.05, 0) is 19.1 Å². The molecule has 0 aliphatic carbocycles. The largest absolute Gasteiger partial charge is 0.489 e. The summed E-state index contributed by atoms with van der Waals surface area (Å²) in [4.78, 5) is 24.3. The summed E-state index contributed by atoms with van der Waals surface area (Å²) in [6.07, 6.45) is 3.57. The Balaban J connectivity index is 1.70. The lowest BCUT2D eigenvalue weighted by molar-refractivity contribution is -0.119. The number of hydrogen-bond donors (Lipinski definition) is 2. The smallest absolute Gasteiger partial charge is 0.220 e. The van der Waals surface area contributed by atoms with Crippen molar-refractivity contribution in [3.05, 3.63) is 30.0 Å². The number of anilines is 1. The van der Waals surface area contributed by atoms with E-state index in [9.17, 15) is 4.79 Å². The van der Waals surface area contributed by atoms with Crippen molar-refractivity contribution >= 4 is 33.3 Å². The molecule has 8 heteroatoms. The summed E-state index contributed by atoms with van der Waals surface area (Å²) in [5, 5.41) is 2.85. The van der Waals surface area contributed by atoms with E-state index >= 15 is 0 Å². The molecule has 1 aromatic carbocycles. The maximum absolute atomic E-state index is 11.5. The number of fused-ring (bicyclic) bond motifs is 1. The van der Waals surface area contributed by atoms with Crippen LogP contribution in [0.1, 0.15) is 13.3 Å². The fourth-order valence-corrected chi connectivity index (χ4v) is 3.68. The summed E-state index contributed by atoms with van der Waals surface area (Å²) in [7, 11) is 0. The second kappa shape index (κ2) is 6.29. The van der Waals surface area contributed by atoms with Gasteiger partial charge in [0, 0.05) is 24.4 Å². The Morgan fingerprint density at radius 3 is 3.04 bits per heavy atom. The quantitative estimate of drug-likeness (QED) is 0.744. The van der Waals surface area contributed by atoms with Crippen LogP contribution in [0.25, 0.3) is 21.5 Å². The van der Waals surface area contributed by atoms with E-state index in [1.807, 2.05) is 19.1 Å². The minimum Gasteiger partial charge on any atom is -0.489 e. The first kappa shape index (κ1) is 15.8. The molecule has 3 heterocycles. The number of amides is 1. The third-order valence-corrected chi connectivity index (χ3v) is 5.19. The highest BCUT2D eigenvalue weighted by Gasteiger charge is 2.28. The van der Waals surface area contributed by atoms with Crippen molar-refractivity contribution in [1.29, 1.82) is 0 Å². The van der Waals surface area contributed by atoms with Gasteiger partial charge in [0.05, 0.1) is 33.8 Å². The van der Waals surface area contributed by atoms with Crippen molar-refractivity contribution in [2.75, 3.05) is 12.3 Å². The lowest BCUT2D eigenvalue weighted by atomic mass is 10.0.